The molecule has 0 aliphatic carbocycles. The molecule has 112 valence electrons. The fourth-order valence-corrected chi connectivity index (χ4v) is 3.06. The molecule has 0 atom stereocenters. The van der Waals surface area contributed by atoms with Gasteiger partial charge in [0.25, 0.3) is 0 Å². The first kappa shape index (κ1) is 13.8. The van der Waals surface area contributed by atoms with Gasteiger partial charge in [-0.1, -0.05) is 23.3 Å². The SMILES string of the molecule is Cc1cc(C)cc(-c2ccc3cc(-n4cccc4)ccc3n2)c1. The van der Waals surface area contributed by atoms with E-state index in [2.05, 4.69) is 79.3 Å². The molecule has 0 aliphatic rings. The summed E-state index contributed by atoms with van der Waals surface area (Å²) in [6, 6.07) is 21.3. The van der Waals surface area contributed by atoms with Gasteiger partial charge in [0.1, 0.15) is 0 Å². The highest BCUT2D eigenvalue weighted by molar-refractivity contribution is 5.83. The van der Waals surface area contributed by atoms with Gasteiger partial charge in [0.05, 0.1) is 11.2 Å². The van der Waals surface area contributed by atoms with Crippen LogP contribution in [0.5, 0.6) is 0 Å². The highest BCUT2D eigenvalue weighted by Crippen LogP contribution is 2.24. The van der Waals surface area contributed by atoms with Gasteiger partial charge >= 0.3 is 0 Å². The molecule has 0 radical (unpaired) electrons. The van der Waals surface area contributed by atoms with Crippen molar-refractivity contribution in [2.75, 3.05) is 0 Å². The van der Waals surface area contributed by atoms with E-state index in [4.69, 9.17) is 4.98 Å². The van der Waals surface area contributed by atoms with Crippen LogP contribution in [0.1, 0.15) is 11.1 Å². The molecule has 0 saturated heterocycles. The number of hydrogen-bond acceptors (Lipinski definition) is 1. The third-order valence-electron chi connectivity index (χ3n) is 4.09. The molecule has 0 unspecified atom stereocenters. The molecule has 0 amide bonds. The van der Waals surface area contributed by atoms with Crippen molar-refractivity contribution >= 4 is 10.9 Å². The summed E-state index contributed by atoms with van der Waals surface area (Å²) in [5.74, 6) is 0. The molecule has 0 N–H and O–H groups in total. The van der Waals surface area contributed by atoms with Crippen LogP contribution in [0.2, 0.25) is 0 Å². The first-order valence-corrected chi connectivity index (χ1v) is 7.82. The summed E-state index contributed by atoms with van der Waals surface area (Å²) in [6.07, 6.45) is 4.11. The van der Waals surface area contributed by atoms with Crippen LogP contribution in [0.4, 0.5) is 0 Å². The molecule has 2 heteroatoms. The highest BCUT2D eigenvalue weighted by Gasteiger charge is 2.04. The summed E-state index contributed by atoms with van der Waals surface area (Å²) in [5.41, 5.74) is 6.92. The molecule has 2 aromatic heterocycles. The molecule has 0 aliphatic heterocycles. The van der Waals surface area contributed by atoms with Gasteiger partial charge in [-0.25, -0.2) is 4.98 Å². The summed E-state index contributed by atoms with van der Waals surface area (Å²) in [7, 11) is 0. The average molecular weight is 298 g/mol. The second kappa shape index (κ2) is 5.40. The maximum Gasteiger partial charge on any atom is 0.0711 e. The fraction of sp³-hybridized carbons (Fsp3) is 0.0952. The second-order valence-electron chi connectivity index (χ2n) is 6.04. The van der Waals surface area contributed by atoms with Gasteiger partial charge in [-0.2, -0.15) is 0 Å². The van der Waals surface area contributed by atoms with E-state index in [-0.39, 0.29) is 0 Å². The minimum Gasteiger partial charge on any atom is -0.324 e. The maximum absolute atomic E-state index is 4.84. The van der Waals surface area contributed by atoms with Crippen LogP contribution >= 0.6 is 0 Å². The molecule has 2 nitrogen and oxygen atoms in total. The number of nitrogens with zero attached hydrogens (tertiary/aromatic N) is 2. The van der Waals surface area contributed by atoms with Crippen LogP contribution in [0.25, 0.3) is 27.8 Å². The fourth-order valence-electron chi connectivity index (χ4n) is 3.06. The Morgan fingerprint density at radius 3 is 2.26 bits per heavy atom. The molecule has 4 aromatic rings. The Kier molecular flexibility index (Phi) is 3.23. The monoisotopic (exact) mass is 298 g/mol. The zero-order valence-electron chi connectivity index (χ0n) is 13.3. The van der Waals surface area contributed by atoms with Gasteiger partial charge in [0, 0.05) is 29.0 Å². The lowest BCUT2D eigenvalue weighted by Crippen LogP contribution is -1.91. The lowest BCUT2D eigenvalue weighted by Gasteiger charge is -2.08. The Hall–Kier alpha value is -2.87. The van der Waals surface area contributed by atoms with E-state index >= 15 is 0 Å². The van der Waals surface area contributed by atoms with E-state index in [0.717, 1.165) is 22.3 Å². The summed E-state index contributed by atoms with van der Waals surface area (Å²) in [4.78, 5) is 4.84. The standard InChI is InChI=1S/C21H18N2/c1-15-11-16(2)13-18(12-15)21-7-5-17-14-19(6-8-20(17)22-21)23-9-3-4-10-23/h3-14H,1-2H3. The highest BCUT2D eigenvalue weighted by atomic mass is 14.9. The van der Waals surface area contributed by atoms with Crippen LogP contribution < -0.4 is 0 Å². The van der Waals surface area contributed by atoms with Crippen molar-refractivity contribution in [3.05, 3.63) is 84.2 Å². The van der Waals surface area contributed by atoms with Gasteiger partial charge in [0.2, 0.25) is 0 Å². The third-order valence-corrected chi connectivity index (χ3v) is 4.09. The topological polar surface area (TPSA) is 17.8 Å². The van der Waals surface area contributed by atoms with Crippen LogP contribution in [-0.2, 0) is 0 Å². The normalized spacial score (nSPS) is 11.0. The van der Waals surface area contributed by atoms with E-state index in [1.54, 1.807) is 0 Å². The molecule has 23 heavy (non-hydrogen) atoms. The Labute approximate surface area is 136 Å². The van der Waals surface area contributed by atoms with Gasteiger partial charge in [-0.3, -0.25) is 0 Å². The maximum atomic E-state index is 4.84. The molecule has 2 heterocycles. The quantitative estimate of drug-likeness (QED) is 0.490. The number of aryl methyl sites for hydroxylation is 2. The van der Waals surface area contributed by atoms with E-state index < -0.39 is 0 Å². The van der Waals surface area contributed by atoms with Crippen LogP contribution in [0.3, 0.4) is 0 Å². The van der Waals surface area contributed by atoms with Crippen molar-refractivity contribution in [1.82, 2.24) is 9.55 Å². The van der Waals surface area contributed by atoms with E-state index in [9.17, 15) is 0 Å². The van der Waals surface area contributed by atoms with Crippen molar-refractivity contribution in [1.29, 1.82) is 0 Å². The molecule has 0 saturated carbocycles. The Morgan fingerprint density at radius 2 is 1.52 bits per heavy atom. The number of fused-ring (bicyclic) bond motifs is 1. The number of benzene rings is 2. The molecule has 2 aromatic carbocycles. The molecular formula is C21H18N2. The van der Waals surface area contributed by atoms with Crippen molar-refractivity contribution in [3.8, 4) is 16.9 Å². The molecule has 4 rings (SSSR count). The lowest BCUT2D eigenvalue weighted by atomic mass is 10.0. The van der Waals surface area contributed by atoms with Gasteiger partial charge < -0.3 is 4.57 Å². The lowest BCUT2D eigenvalue weighted by molar-refractivity contribution is 1.08. The Morgan fingerprint density at radius 1 is 0.783 bits per heavy atom. The second-order valence-corrected chi connectivity index (χ2v) is 6.04. The van der Waals surface area contributed by atoms with E-state index in [1.807, 2.05) is 12.1 Å². The number of aromatic nitrogens is 2. The smallest absolute Gasteiger partial charge is 0.0711 e. The van der Waals surface area contributed by atoms with Crippen LogP contribution in [0.15, 0.2) is 73.1 Å². The predicted molar refractivity (Wildman–Crippen MR) is 96.0 cm³/mol. The van der Waals surface area contributed by atoms with Crippen molar-refractivity contribution in [2.24, 2.45) is 0 Å². The van der Waals surface area contributed by atoms with Crippen molar-refractivity contribution < 1.29 is 0 Å². The zero-order valence-corrected chi connectivity index (χ0v) is 13.3. The molecule has 0 bridgehead atoms. The van der Waals surface area contributed by atoms with Gasteiger partial charge in [0.15, 0.2) is 0 Å². The summed E-state index contributed by atoms with van der Waals surface area (Å²) >= 11 is 0. The third kappa shape index (κ3) is 2.64. The Balaban J connectivity index is 1.81. The van der Waals surface area contributed by atoms with Crippen LogP contribution in [0, 0.1) is 13.8 Å². The largest absolute Gasteiger partial charge is 0.324 e. The number of pyridine rings is 1. The van der Waals surface area contributed by atoms with Crippen molar-refractivity contribution in [3.63, 3.8) is 0 Å². The summed E-state index contributed by atoms with van der Waals surface area (Å²) in [6.45, 7) is 4.25. The van der Waals surface area contributed by atoms with Gasteiger partial charge in [-0.15, -0.1) is 0 Å². The first-order chi connectivity index (χ1) is 11.2. The minimum atomic E-state index is 1.03. The average Bonchev–Trinajstić information content (AvgIpc) is 3.07. The van der Waals surface area contributed by atoms with Crippen LogP contribution in [-0.4, -0.2) is 9.55 Å². The molecular weight excluding hydrogens is 280 g/mol. The Bertz CT molecular complexity index is 962. The predicted octanol–water partition coefficient (Wildman–Crippen LogP) is 5.31. The zero-order chi connectivity index (χ0) is 15.8. The van der Waals surface area contributed by atoms with E-state index in [1.165, 1.54) is 16.7 Å². The number of hydrogen-bond donors (Lipinski definition) is 0. The number of rotatable bonds is 2. The van der Waals surface area contributed by atoms with Crippen molar-refractivity contribution in [2.45, 2.75) is 13.8 Å². The summed E-state index contributed by atoms with van der Waals surface area (Å²) < 4.78 is 2.11. The summed E-state index contributed by atoms with van der Waals surface area (Å²) in [5, 5.41) is 1.16. The first-order valence-electron chi connectivity index (χ1n) is 7.82. The van der Waals surface area contributed by atoms with Gasteiger partial charge in [-0.05, 0) is 62.4 Å². The molecule has 0 fully saturated rings. The minimum absolute atomic E-state index is 1.03. The van der Waals surface area contributed by atoms with E-state index in [0.29, 0.717) is 0 Å². The molecule has 0 spiro atoms.